The molecule has 1 nitrogen and oxygen atoms in total. The highest BCUT2D eigenvalue weighted by Crippen LogP contribution is 2.55. The molecule has 0 fully saturated rings. The number of aliphatic hydroxyl groups is 1. The van der Waals surface area contributed by atoms with Crippen molar-refractivity contribution in [2.24, 2.45) is 0 Å². The van der Waals surface area contributed by atoms with Crippen LogP contribution in [0.4, 0.5) is 35.1 Å². The zero-order valence-corrected chi connectivity index (χ0v) is 13.1. The first-order chi connectivity index (χ1) is 10.9. The maximum atomic E-state index is 13.5. The summed E-state index contributed by atoms with van der Waals surface area (Å²) in [5.41, 5.74) is 0. The summed E-state index contributed by atoms with van der Waals surface area (Å²) in [6.07, 6.45) is -2.49. The zero-order chi connectivity index (χ0) is 19.1. The Morgan fingerprint density at radius 2 is 1.08 bits per heavy atom. The molecule has 0 heterocycles. The highest BCUT2D eigenvalue weighted by atomic mass is 19.4. The Bertz CT molecular complexity index is 382. The van der Waals surface area contributed by atoms with Crippen LogP contribution in [0.25, 0.3) is 0 Å². The van der Waals surface area contributed by atoms with Gasteiger partial charge in [-0.25, -0.2) is 0 Å². The Labute approximate surface area is 135 Å². The number of rotatable bonds is 13. The van der Waals surface area contributed by atoms with E-state index in [-0.39, 0.29) is 12.8 Å². The molecule has 0 amide bonds. The Hall–Kier alpha value is -0.860. The maximum absolute atomic E-state index is 13.5. The average Bonchev–Trinajstić information content (AvgIpc) is 2.46. The van der Waals surface area contributed by atoms with E-state index in [1.165, 1.54) is 6.08 Å². The van der Waals surface area contributed by atoms with Crippen LogP contribution in [0.3, 0.4) is 0 Å². The molecule has 144 valence electrons. The van der Waals surface area contributed by atoms with Crippen LogP contribution in [0, 0.1) is 0 Å². The quantitative estimate of drug-likeness (QED) is 0.246. The molecule has 0 aromatic heterocycles. The highest BCUT2D eigenvalue weighted by Gasteiger charge is 2.79. The average molecular weight is 370 g/mol. The Balaban J connectivity index is 5.03. The Morgan fingerprint density at radius 1 is 0.667 bits per heavy atom. The number of allylic oxidation sites excluding steroid dienone is 1. The van der Waals surface area contributed by atoms with Gasteiger partial charge in [0.25, 0.3) is 0 Å². The van der Waals surface area contributed by atoms with Gasteiger partial charge in [0.1, 0.15) is 0 Å². The van der Waals surface area contributed by atoms with Gasteiger partial charge in [0, 0.05) is 19.4 Å². The molecule has 0 aliphatic rings. The minimum atomic E-state index is -6.19. The van der Waals surface area contributed by atoms with Crippen LogP contribution in [0.2, 0.25) is 0 Å². The third-order valence-electron chi connectivity index (χ3n) is 3.61. The van der Waals surface area contributed by atoms with Gasteiger partial charge in [-0.15, -0.1) is 6.58 Å². The number of halogens is 8. The monoisotopic (exact) mass is 370 g/mol. The molecule has 9 heteroatoms. The van der Waals surface area contributed by atoms with E-state index < -0.39 is 56.0 Å². The molecule has 0 saturated heterocycles. The van der Waals surface area contributed by atoms with Gasteiger partial charge in [-0.05, 0) is 32.1 Å². The van der Waals surface area contributed by atoms with Gasteiger partial charge < -0.3 is 5.11 Å². The van der Waals surface area contributed by atoms with Crippen LogP contribution >= 0.6 is 0 Å². The molecule has 0 bridgehead atoms. The van der Waals surface area contributed by atoms with Crippen molar-refractivity contribution in [3.63, 3.8) is 0 Å². The van der Waals surface area contributed by atoms with Crippen LogP contribution < -0.4 is 0 Å². The largest absolute Gasteiger partial charge is 0.396 e. The van der Waals surface area contributed by atoms with E-state index >= 15 is 0 Å². The molecule has 0 aliphatic carbocycles. The summed E-state index contributed by atoms with van der Waals surface area (Å²) in [5.74, 6) is -22.9. The summed E-state index contributed by atoms with van der Waals surface area (Å²) < 4.78 is 108. The molecular weight excluding hydrogens is 348 g/mol. The van der Waals surface area contributed by atoms with Gasteiger partial charge in [-0.2, -0.15) is 35.1 Å². The topological polar surface area (TPSA) is 20.2 Å². The van der Waals surface area contributed by atoms with Crippen molar-refractivity contribution in [2.45, 2.75) is 75.1 Å². The van der Waals surface area contributed by atoms with Crippen LogP contribution in [0.15, 0.2) is 12.7 Å². The lowest BCUT2D eigenvalue weighted by Crippen LogP contribution is -2.62. The van der Waals surface area contributed by atoms with Gasteiger partial charge >= 0.3 is 23.7 Å². The summed E-state index contributed by atoms with van der Waals surface area (Å²) >= 11 is 0. The first-order valence-electron chi connectivity index (χ1n) is 7.60. The normalized spacial score (nSPS) is 14.0. The third kappa shape index (κ3) is 5.32. The second-order valence-corrected chi connectivity index (χ2v) is 5.63. The molecule has 0 aliphatic heterocycles. The van der Waals surface area contributed by atoms with Crippen molar-refractivity contribution < 1.29 is 40.2 Å². The second kappa shape index (κ2) is 9.01. The smallest absolute Gasteiger partial charge is 0.378 e. The minimum absolute atomic E-state index is 0.0656. The number of aliphatic hydroxyl groups excluding tert-OH is 1. The molecule has 0 radical (unpaired) electrons. The van der Waals surface area contributed by atoms with Crippen molar-refractivity contribution >= 4 is 0 Å². The molecule has 0 aromatic rings. The highest BCUT2D eigenvalue weighted by molar-refractivity contribution is 5.03. The standard InChI is InChI=1S/C15H22F8O/c1-2-3-4-5-6-9-12(16,17)14(20,21)15(22,23)13(18,19)10-7-8-11-24/h2,24H,1,3-11H2. The molecule has 0 rings (SSSR count). The molecule has 0 atom stereocenters. The lowest BCUT2D eigenvalue weighted by molar-refractivity contribution is -0.368. The van der Waals surface area contributed by atoms with E-state index in [2.05, 4.69) is 6.58 Å². The lowest BCUT2D eigenvalue weighted by atomic mass is 9.92. The molecule has 0 saturated carbocycles. The molecule has 0 unspecified atom stereocenters. The maximum Gasteiger partial charge on any atom is 0.378 e. The van der Waals surface area contributed by atoms with Crippen LogP contribution in [0.1, 0.15) is 51.4 Å². The predicted octanol–water partition coefficient (Wildman–Crippen LogP) is 5.83. The van der Waals surface area contributed by atoms with Crippen molar-refractivity contribution in [2.75, 3.05) is 6.61 Å². The van der Waals surface area contributed by atoms with E-state index in [9.17, 15) is 35.1 Å². The van der Waals surface area contributed by atoms with E-state index in [0.29, 0.717) is 12.8 Å². The Kier molecular flexibility index (Phi) is 8.69. The first kappa shape index (κ1) is 23.1. The van der Waals surface area contributed by atoms with E-state index in [4.69, 9.17) is 5.11 Å². The molecule has 24 heavy (non-hydrogen) atoms. The van der Waals surface area contributed by atoms with Gasteiger partial charge in [-0.3, -0.25) is 0 Å². The predicted molar refractivity (Wildman–Crippen MR) is 74.0 cm³/mol. The van der Waals surface area contributed by atoms with Crippen molar-refractivity contribution in [3.8, 4) is 0 Å². The zero-order valence-electron chi connectivity index (χ0n) is 13.1. The van der Waals surface area contributed by atoms with E-state index in [0.717, 1.165) is 0 Å². The number of hydrogen-bond acceptors (Lipinski definition) is 1. The number of hydrogen-bond donors (Lipinski definition) is 1. The molecule has 1 N–H and O–H groups in total. The fourth-order valence-corrected chi connectivity index (χ4v) is 2.04. The van der Waals surface area contributed by atoms with Crippen LogP contribution in [0.5, 0.6) is 0 Å². The summed E-state index contributed by atoms with van der Waals surface area (Å²) in [6.45, 7) is 2.77. The Morgan fingerprint density at radius 3 is 1.46 bits per heavy atom. The SMILES string of the molecule is C=CCCCCCC(F)(F)C(F)(F)C(F)(F)C(F)(F)CCCCO. The second-order valence-electron chi connectivity index (χ2n) is 5.63. The van der Waals surface area contributed by atoms with Crippen molar-refractivity contribution in [1.29, 1.82) is 0 Å². The molecule has 0 spiro atoms. The third-order valence-corrected chi connectivity index (χ3v) is 3.61. The summed E-state index contributed by atoms with van der Waals surface area (Å²) in [6, 6.07) is 0. The summed E-state index contributed by atoms with van der Waals surface area (Å²) in [7, 11) is 0. The lowest BCUT2D eigenvalue weighted by Gasteiger charge is -2.37. The summed E-state index contributed by atoms with van der Waals surface area (Å²) in [4.78, 5) is 0. The molecule has 0 aromatic carbocycles. The van der Waals surface area contributed by atoms with Gasteiger partial charge in [0.05, 0.1) is 0 Å². The fraction of sp³-hybridized carbons (Fsp3) is 0.867. The first-order valence-corrected chi connectivity index (χ1v) is 7.60. The molecular formula is C15H22F8O. The van der Waals surface area contributed by atoms with E-state index in [1.54, 1.807) is 0 Å². The van der Waals surface area contributed by atoms with Gasteiger partial charge in [-0.1, -0.05) is 12.5 Å². The number of unbranched alkanes of at least 4 members (excludes halogenated alkanes) is 4. The minimum Gasteiger partial charge on any atom is -0.396 e. The fourth-order valence-electron chi connectivity index (χ4n) is 2.04. The van der Waals surface area contributed by atoms with Crippen molar-refractivity contribution in [1.82, 2.24) is 0 Å². The van der Waals surface area contributed by atoms with Crippen LogP contribution in [-0.4, -0.2) is 35.4 Å². The van der Waals surface area contributed by atoms with Gasteiger partial charge in [0.15, 0.2) is 0 Å². The van der Waals surface area contributed by atoms with Gasteiger partial charge in [0.2, 0.25) is 0 Å². The van der Waals surface area contributed by atoms with Crippen molar-refractivity contribution in [3.05, 3.63) is 12.7 Å². The number of alkyl halides is 8. The summed E-state index contributed by atoms with van der Waals surface area (Å²) in [5, 5.41) is 8.41. The van der Waals surface area contributed by atoms with Crippen LogP contribution in [-0.2, 0) is 0 Å². The van der Waals surface area contributed by atoms with E-state index in [1.807, 2.05) is 0 Å².